The number of anilines is 5. The predicted octanol–water partition coefficient (Wildman–Crippen LogP) is 6.41. The number of nitrogens with one attached hydrogen (secondary N) is 6. The van der Waals surface area contributed by atoms with E-state index in [-0.39, 0.29) is 54.1 Å². The number of alkyl halides is 3. The van der Waals surface area contributed by atoms with E-state index < -0.39 is 47.1 Å². The van der Waals surface area contributed by atoms with Crippen LogP contribution in [0.2, 0.25) is 5.02 Å². The molecule has 9 rings (SSSR count). The van der Waals surface area contributed by atoms with Gasteiger partial charge in [0.1, 0.15) is 17.4 Å². The van der Waals surface area contributed by atoms with Gasteiger partial charge >= 0.3 is 12.2 Å². The van der Waals surface area contributed by atoms with Crippen molar-refractivity contribution in [2.45, 2.75) is 100 Å². The first kappa shape index (κ1) is 40.9. The quantitative estimate of drug-likeness (QED) is 0.0642. The van der Waals surface area contributed by atoms with Gasteiger partial charge in [-0.2, -0.15) is 28.1 Å². The second-order valence-electron chi connectivity index (χ2n) is 17.5. The second-order valence-corrected chi connectivity index (χ2v) is 17.9. The maximum atomic E-state index is 13.8. The third-order valence-electron chi connectivity index (χ3n) is 13.3. The molecule has 1 heterocycles. The molecule has 5 saturated carbocycles. The average molecular weight is 862 g/mol. The SMILES string of the molecule is O=C(N[C@@H](CCNc1c(N[C@@H]2C[C@H]3CC[C@@H]2C3)c(=O)c1=O)C(=O)N[C@@H]1C[C@H]2CC[C@@H]1C2)c1ccc(Nc2nc(NC3(c4ccc(Cl)cc4)CC3)nc(OCC(F)(F)F)n2)cc1. The molecule has 5 aliphatic carbocycles. The molecule has 4 aromatic rings. The summed E-state index contributed by atoms with van der Waals surface area (Å²) in [5.74, 6) is 1.23. The number of aromatic nitrogens is 3. The van der Waals surface area contributed by atoms with Gasteiger partial charge in [-0.25, -0.2) is 0 Å². The summed E-state index contributed by atoms with van der Waals surface area (Å²) in [5.41, 5.74) is 0.423. The molecule has 1 aromatic heterocycles. The summed E-state index contributed by atoms with van der Waals surface area (Å²) in [6.07, 6.45) is 5.65. The van der Waals surface area contributed by atoms with Crippen LogP contribution in [0.4, 0.5) is 42.1 Å². The Morgan fingerprint density at radius 2 is 1.48 bits per heavy atom. The first-order valence-corrected chi connectivity index (χ1v) is 21.5. The number of carbonyl (C=O) groups excluding carboxylic acids is 2. The van der Waals surface area contributed by atoms with Gasteiger partial charge in [0.05, 0.1) is 5.54 Å². The Labute approximate surface area is 354 Å². The molecule has 18 heteroatoms. The first-order chi connectivity index (χ1) is 29.3. The normalized spacial score (nSPS) is 24.9. The highest BCUT2D eigenvalue weighted by Crippen LogP contribution is 2.49. The standard InChI is InChI=1S/C43H47ClF3N9O5/c44-28-9-7-27(8-10-28)42(14-15-42)56-40-53-39(54-41(55-40)61-21-43(45,46)47)49-29-11-5-24(6-12-29)37(59)51-30(38(60)52-32-20-23-2-4-26(32)18-23)13-16-48-33-34(36(58)35(33)57)50-31-19-22-1-3-25(31)17-22/h5-12,22-23,25-26,30-32,48,50H,1-4,13-21H2,(H,51,59)(H,52,60)(H2,49,53,54,55,56)/t22-,23-,25+,26+,30-,31+,32+/m0/s1. The van der Waals surface area contributed by atoms with E-state index in [9.17, 15) is 32.3 Å². The molecular formula is C43H47ClF3N9O5. The fourth-order valence-electron chi connectivity index (χ4n) is 9.97. The lowest BCUT2D eigenvalue weighted by Gasteiger charge is -2.27. The number of halogens is 4. The smallest absolute Gasteiger partial charge is 0.422 e. The van der Waals surface area contributed by atoms with Gasteiger partial charge in [0.2, 0.25) is 17.8 Å². The van der Waals surface area contributed by atoms with Gasteiger partial charge in [-0.1, -0.05) is 36.6 Å². The maximum Gasteiger partial charge on any atom is 0.422 e. The lowest BCUT2D eigenvalue weighted by molar-refractivity contribution is -0.154. The Kier molecular flexibility index (Phi) is 11.0. The van der Waals surface area contributed by atoms with Crippen molar-refractivity contribution in [3.05, 3.63) is 85.1 Å². The van der Waals surface area contributed by atoms with Crippen LogP contribution in [0.5, 0.6) is 6.01 Å². The minimum absolute atomic E-state index is 0.0000326. The maximum absolute atomic E-state index is 13.8. The van der Waals surface area contributed by atoms with Gasteiger partial charge < -0.3 is 36.6 Å². The van der Waals surface area contributed by atoms with Crippen molar-refractivity contribution in [3.8, 4) is 6.01 Å². The number of fused-ring (bicyclic) bond motifs is 4. The summed E-state index contributed by atoms with van der Waals surface area (Å²) in [6, 6.07) is 12.1. The van der Waals surface area contributed by atoms with E-state index >= 15 is 0 Å². The van der Waals surface area contributed by atoms with Crippen molar-refractivity contribution in [3.63, 3.8) is 0 Å². The van der Waals surface area contributed by atoms with Crippen LogP contribution in [0.15, 0.2) is 58.1 Å². The van der Waals surface area contributed by atoms with Crippen molar-refractivity contribution >= 4 is 52.4 Å². The van der Waals surface area contributed by atoms with E-state index in [0.717, 1.165) is 63.4 Å². The van der Waals surface area contributed by atoms with Gasteiger partial charge in [-0.3, -0.25) is 19.2 Å². The number of hydrogen-bond acceptors (Lipinski definition) is 12. The molecule has 0 spiro atoms. The molecule has 0 saturated heterocycles. The molecule has 3 aromatic carbocycles. The van der Waals surface area contributed by atoms with Crippen LogP contribution in [-0.4, -0.2) is 64.2 Å². The molecule has 61 heavy (non-hydrogen) atoms. The summed E-state index contributed by atoms with van der Waals surface area (Å²) in [7, 11) is 0. The molecule has 322 valence electrons. The Morgan fingerprint density at radius 3 is 2.10 bits per heavy atom. The summed E-state index contributed by atoms with van der Waals surface area (Å²) in [4.78, 5) is 65.2. The van der Waals surface area contributed by atoms with Crippen LogP contribution in [0.3, 0.4) is 0 Å². The van der Waals surface area contributed by atoms with Crippen molar-refractivity contribution in [1.29, 1.82) is 0 Å². The molecule has 2 amide bonds. The molecular weight excluding hydrogens is 815 g/mol. The molecule has 6 N–H and O–H groups in total. The number of benzene rings is 2. The molecule has 4 bridgehead atoms. The van der Waals surface area contributed by atoms with E-state index in [1.165, 1.54) is 18.6 Å². The first-order valence-electron chi connectivity index (χ1n) is 21.1. The van der Waals surface area contributed by atoms with E-state index in [0.29, 0.717) is 40.1 Å². The average Bonchev–Trinajstić information content (AvgIpc) is 3.64. The minimum atomic E-state index is -4.62. The molecule has 0 unspecified atom stereocenters. The van der Waals surface area contributed by atoms with Crippen molar-refractivity contribution in [2.24, 2.45) is 23.7 Å². The Hall–Kier alpha value is -5.45. The zero-order valence-corrected chi connectivity index (χ0v) is 34.0. The molecule has 7 atom stereocenters. The number of nitrogens with zero attached hydrogens (tertiary/aromatic N) is 3. The van der Waals surface area contributed by atoms with Crippen LogP contribution < -0.4 is 47.5 Å². The van der Waals surface area contributed by atoms with E-state index in [1.54, 1.807) is 24.3 Å². The van der Waals surface area contributed by atoms with Crippen molar-refractivity contribution in [2.75, 3.05) is 34.4 Å². The lowest BCUT2D eigenvalue weighted by atomic mass is 9.94. The predicted molar refractivity (Wildman–Crippen MR) is 223 cm³/mol. The number of ether oxygens (including phenoxy) is 1. The van der Waals surface area contributed by atoms with Crippen LogP contribution in [0.25, 0.3) is 0 Å². The van der Waals surface area contributed by atoms with Crippen LogP contribution in [-0.2, 0) is 10.3 Å². The van der Waals surface area contributed by atoms with Gasteiger partial charge in [-0.15, -0.1) is 0 Å². The molecule has 0 radical (unpaired) electrons. The number of carbonyl (C=O) groups is 2. The Bertz CT molecular complexity index is 2350. The van der Waals surface area contributed by atoms with E-state index in [4.69, 9.17) is 16.3 Å². The molecule has 14 nitrogen and oxygen atoms in total. The number of amides is 2. The minimum Gasteiger partial charge on any atom is -0.454 e. The summed E-state index contributed by atoms with van der Waals surface area (Å²) < 4.78 is 44.2. The van der Waals surface area contributed by atoms with Gasteiger partial charge in [-0.05, 0) is 123 Å². The Morgan fingerprint density at radius 1 is 0.820 bits per heavy atom. The third kappa shape index (κ3) is 9.12. The second kappa shape index (κ2) is 16.4. The van der Waals surface area contributed by atoms with Crippen molar-refractivity contribution in [1.82, 2.24) is 25.6 Å². The largest absolute Gasteiger partial charge is 0.454 e. The van der Waals surface area contributed by atoms with Crippen LogP contribution in [0, 0.1) is 23.7 Å². The van der Waals surface area contributed by atoms with Gasteiger partial charge in [0, 0.05) is 34.9 Å². The summed E-state index contributed by atoms with van der Waals surface area (Å²) in [5, 5.41) is 19.2. The van der Waals surface area contributed by atoms with Crippen LogP contribution in [0.1, 0.15) is 86.6 Å². The van der Waals surface area contributed by atoms with E-state index in [2.05, 4.69) is 46.9 Å². The summed E-state index contributed by atoms with van der Waals surface area (Å²) >= 11 is 6.07. The monoisotopic (exact) mass is 861 g/mol. The third-order valence-corrected chi connectivity index (χ3v) is 13.5. The topological polar surface area (TPSA) is 188 Å². The Balaban J connectivity index is 0.866. The van der Waals surface area contributed by atoms with E-state index in [1.807, 2.05) is 12.1 Å². The fourth-order valence-corrected chi connectivity index (χ4v) is 10.1. The van der Waals surface area contributed by atoms with Gasteiger partial charge in [0.15, 0.2) is 6.61 Å². The van der Waals surface area contributed by atoms with Gasteiger partial charge in [0.25, 0.3) is 16.8 Å². The zero-order chi connectivity index (χ0) is 42.5. The number of rotatable bonds is 17. The van der Waals surface area contributed by atoms with Crippen molar-refractivity contribution < 1.29 is 27.5 Å². The molecule has 5 fully saturated rings. The highest BCUT2D eigenvalue weighted by molar-refractivity contribution is 6.30. The number of hydrogen-bond donors (Lipinski definition) is 6. The highest BCUT2D eigenvalue weighted by Gasteiger charge is 2.46. The molecule has 5 aliphatic rings. The van der Waals surface area contributed by atoms with Crippen LogP contribution >= 0.6 is 11.6 Å². The lowest BCUT2D eigenvalue weighted by Crippen LogP contribution is -2.51. The molecule has 0 aliphatic heterocycles. The summed E-state index contributed by atoms with van der Waals surface area (Å²) in [6.45, 7) is -1.44. The fraction of sp³-hybridized carbons (Fsp3) is 0.512. The zero-order valence-electron chi connectivity index (χ0n) is 33.2. The highest BCUT2D eigenvalue weighted by atomic mass is 35.5.